The summed E-state index contributed by atoms with van der Waals surface area (Å²) in [4.78, 5) is 8.90. The SMILES string of the molecule is CC(C)(c1ncccc1-c1cccc(F)c1F)c1ncccc1-c1cccc(F)c1F.[Pt+2]. The minimum atomic E-state index is -0.982. The smallest absolute Gasteiger partial charge is 0.260 e. The van der Waals surface area contributed by atoms with E-state index < -0.39 is 28.7 Å². The maximum absolute atomic E-state index is 14.6. The zero-order chi connectivity index (χ0) is 22.2. The standard InChI is InChI=1S/C25H18F4N2.Pt/c1-25(2,23-17(9-5-13-30-23)15-7-3-11-19(26)21(15)28)24-18(10-6-14-31-24)16-8-4-12-20(27)22(16)29;/h3-14H,1-2H3;/q;+2. The van der Waals surface area contributed by atoms with Crippen LogP contribution in [0.1, 0.15) is 25.2 Å². The molecule has 7 heteroatoms. The van der Waals surface area contributed by atoms with Crippen LogP contribution in [-0.2, 0) is 26.5 Å². The van der Waals surface area contributed by atoms with Crippen molar-refractivity contribution in [1.29, 1.82) is 0 Å². The number of nitrogens with zero attached hydrogens (tertiary/aromatic N) is 2. The molecule has 0 bridgehead atoms. The molecule has 0 fully saturated rings. The van der Waals surface area contributed by atoms with Gasteiger partial charge in [-0.2, -0.15) is 0 Å². The average molecular weight is 618 g/mol. The largest absolute Gasteiger partial charge is 2.00 e. The fraction of sp³-hybridized carbons (Fsp3) is 0.120. The Labute approximate surface area is 197 Å². The second-order valence-electron chi connectivity index (χ2n) is 7.63. The van der Waals surface area contributed by atoms with E-state index in [-0.39, 0.29) is 32.2 Å². The Hall–Kier alpha value is -2.85. The second-order valence-corrected chi connectivity index (χ2v) is 7.63. The molecule has 0 atom stereocenters. The van der Waals surface area contributed by atoms with Gasteiger partial charge in [-0.25, -0.2) is 17.6 Å². The molecule has 2 nitrogen and oxygen atoms in total. The summed E-state index contributed by atoms with van der Waals surface area (Å²) in [6.45, 7) is 3.61. The van der Waals surface area contributed by atoms with Crippen LogP contribution in [0.25, 0.3) is 22.3 Å². The predicted molar refractivity (Wildman–Crippen MR) is 111 cm³/mol. The molecule has 4 rings (SSSR count). The zero-order valence-corrected chi connectivity index (χ0v) is 19.4. The molecule has 0 N–H and O–H groups in total. The van der Waals surface area contributed by atoms with Gasteiger partial charge in [-0.3, -0.25) is 9.97 Å². The molecular weight excluding hydrogens is 599 g/mol. The first-order valence-electron chi connectivity index (χ1n) is 9.62. The topological polar surface area (TPSA) is 25.8 Å². The van der Waals surface area contributed by atoms with Crippen molar-refractivity contribution in [2.24, 2.45) is 0 Å². The van der Waals surface area contributed by atoms with Crippen LogP contribution in [0.5, 0.6) is 0 Å². The minimum absolute atomic E-state index is 0. The van der Waals surface area contributed by atoms with Gasteiger partial charge in [0.25, 0.3) is 0 Å². The van der Waals surface area contributed by atoms with Gasteiger partial charge < -0.3 is 0 Å². The monoisotopic (exact) mass is 617 g/mol. The first kappa shape index (κ1) is 23.8. The normalized spacial score (nSPS) is 11.2. The van der Waals surface area contributed by atoms with Crippen molar-refractivity contribution < 1.29 is 38.6 Å². The van der Waals surface area contributed by atoms with E-state index in [4.69, 9.17) is 0 Å². The van der Waals surface area contributed by atoms with Crippen molar-refractivity contribution in [2.45, 2.75) is 19.3 Å². The Kier molecular flexibility index (Phi) is 6.94. The van der Waals surface area contributed by atoms with E-state index >= 15 is 0 Å². The Morgan fingerprint density at radius 2 is 0.938 bits per heavy atom. The van der Waals surface area contributed by atoms with Crippen molar-refractivity contribution in [3.05, 3.63) is 108 Å². The van der Waals surface area contributed by atoms with E-state index in [1.807, 2.05) is 0 Å². The second kappa shape index (κ2) is 9.33. The van der Waals surface area contributed by atoms with E-state index in [2.05, 4.69) is 9.97 Å². The van der Waals surface area contributed by atoms with Gasteiger partial charge in [0.15, 0.2) is 23.3 Å². The molecule has 0 amide bonds. The van der Waals surface area contributed by atoms with Crippen LogP contribution in [0.4, 0.5) is 17.6 Å². The molecule has 0 saturated heterocycles. The van der Waals surface area contributed by atoms with Crippen LogP contribution in [0.15, 0.2) is 73.1 Å². The summed E-state index contributed by atoms with van der Waals surface area (Å²) in [5.41, 5.74) is 0.801. The maximum Gasteiger partial charge on any atom is 2.00 e. The number of aromatic nitrogens is 2. The van der Waals surface area contributed by atoms with E-state index in [1.165, 1.54) is 24.3 Å². The summed E-state index contributed by atoms with van der Waals surface area (Å²) >= 11 is 0. The molecule has 4 aromatic rings. The minimum Gasteiger partial charge on any atom is -0.260 e. The fourth-order valence-electron chi connectivity index (χ4n) is 3.78. The number of hydrogen-bond donors (Lipinski definition) is 0. The molecule has 2 aromatic heterocycles. The predicted octanol–water partition coefficient (Wildman–Crippen LogP) is 6.69. The summed E-state index contributed by atoms with van der Waals surface area (Å²) in [5.74, 6) is -3.90. The van der Waals surface area contributed by atoms with Crippen molar-refractivity contribution in [1.82, 2.24) is 9.97 Å². The molecule has 0 spiro atoms. The van der Waals surface area contributed by atoms with Crippen LogP contribution in [-0.4, -0.2) is 9.97 Å². The number of halogens is 4. The molecule has 2 aromatic carbocycles. The number of pyridine rings is 2. The van der Waals surface area contributed by atoms with Crippen LogP contribution in [0.2, 0.25) is 0 Å². The molecule has 0 unspecified atom stereocenters. The molecule has 2 heterocycles. The third-order valence-electron chi connectivity index (χ3n) is 5.28. The molecule has 0 aliphatic heterocycles. The summed E-state index contributed by atoms with van der Waals surface area (Å²) in [5, 5.41) is 0. The number of rotatable bonds is 4. The quantitative estimate of drug-likeness (QED) is 0.239. The van der Waals surface area contributed by atoms with Gasteiger partial charge in [-0.15, -0.1) is 0 Å². The third-order valence-corrected chi connectivity index (χ3v) is 5.28. The first-order valence-corrected chi connectivity index (χ1v) is 9.62. The van der Waals surface area contributed by atoms with Gasteiger partial charge in [-0.05, 0) is 38.1 Å². The first-order chi connectivity index (χ1) is 14.8. The van der Waals surface area contributed by atoms with Gasteiger partial charge in [0, 0.05) is 34.6 Å². The Morgan fingerprint density at radius 1 is 0.562 bits per heavy atom. The van der Waals surface area contributed by atoms with E-state index in [1.54, 1.807) is 50.5 Å². The summed E-state index contributed by atoms with van der Waals surface area (Å²) < 4.78 is 57.0. The third kappa shape index (κ3) is 4.12. The van der Waals surface area contributed by atoms with Crippen molar-refractivity contribution >= 4 is 0 Å². The van der Waals surface area contributed by atoms with E-state index in [9.17, 15) is 17.6 Å². The Morgan fingerprint density at radius 3 is 1.34 bits per heavy atom. The van der Waals surface area contributed by atoms with Crippen LogP contribution in [0, 0.1) is 23.3 Å². The maximum atomic E-state index is 14.6. The van der Waals surface area contributed by atoms with Crippen LogP contribution in [0.3, 0.4) is 0 Å². The summed E-state index contributed by atoms with van der Waals surface area (Å²) in [7, 11) is 0. The van der Waals surface area contributed by atoms with Gasteiger partial charge in [0.2, 0.25) is 0 Å². The Bertz CT molecular complexity index is 1180. The summed E-state index contributed by atoms with van der Waals surface area (Å²) in [6, 6.07) is 14.4. The van der Waals surface area contributed by atoms with Crippen molar-refractivity contribution in [3.63, 3.8) is 0 Å². The Balaban J connectivity index is 0.00000289. The van der Waals surface area contributed by atoms with Crippen LogP contribution < -0.4 is 0 Å². The molecule has 0 aliphatic carbocycles. The molecule has 0 aliphatic rings. The molecular formula is C25H18F4N2Pt+2. The van der Waals surface area contributed by atoms with E-state index in [0.717, 1.165) is 12.1 Å². The van der Waals surface area contributed by atoms with Crippen molar-refractivity contribution in [2.75, 3.05) is 0 Å². The molecule has 0 radical (unpaired) electrons. The van der Waals surface area contributed by atoms with Crippen molar-refractivity contribution in [3.8, 4) is 22.3 Å². The summed E-state index contributed by atoms with van der Waals surface area (Å²) in [6.07, 6.45) is 3.09. The van der Waals surface area contributed by atoms with Gasteiger partial charge >= 0.3 is 21.1 Å². The van der Waals surface area contributed by atoms with Gasteiger partial charge in [-0.1, -0.05) is 36.4 Å². The molecule has 0 saturated carbocycles. The molecule has 32 heavy (non-hydrogen) atoms. The fourth-order valence-corrected chi connectivity index (χ4v) is 3.78. The number of benzene rings is 2. The average Bonchev–Trinajstić information content (AvgIpc) is 2.77. The van der Waals surface area contributed by atoms with Gasteiger partial charge in [0.1, 0.15) is 0 Å². The van der Waals surface area contributed by atoms with E-state index in [0.29, 0.717) is 22.5 Å². The van der Waals surface area contributed by atoms with Crippen LogP contribution >= 0.6 is 0 Å². The number of hydrogen-bond acceptors (Lipinski definition) is 2. The van der Waals surface area contributed by atoms with Gasteiger partial charge in [0.05, 0.1) is 16.8 Å². The molecule has 164 valence electrons. The zero-order valence-electron chi connectivity index (χ0n) is 17.2.